The molecule has 0 aliphatic carbocycles. The molecule has 2 aromatic rings. The van der Waals surface area contributed by atoms with Crippen molar-refractivity contribution >= 4 is 17.3 Å². The number of carbonyl (C=O) groups is 1. The summed E-state index contributed by atoms with van der Waals surface area (Å²) in [5.74, 6) is 0.573. The number of nitrogens with one attached hydrogen (secondary N) is 1. The molecule has 0 radical (unpaired) electrons. The van der Waals surface area contributed by atoms with Gasteiger partial charge in [0.05, 0.1) is 10.6 Å². The van der Waals surface area contributed by atoms with E-state index < -0.39 is 11.0 Å². The maximum absolute atomic E-state index is 12.4. The second-order valence-electron chi connectivity index (χ2n) is 6.20. The molecule has 0 bridgehead atoms. The van der Waals surface area contributed by atoms with Crippen molar-refractivity contribution in [3.05, 3.63) is 63.7 Å². The van der Waals surface area contributed by atoms with E-state index in [-0.39, 0.29) is 17.5 Å². The van der Waals surface area contributed by atoms with Crippen molar-refractivity contribution in [3.8, 4) is 5.75 Å². The van der Waals surface area contributed by atoms with Crippen molar-refractivity contribution in [2.24, 2.45) is 0 Å². The number of carbonyl (C=O) groups excluding carboxylic acids is 1. The topological polar surface area (TPSA) is 81.5 Å². The van der Waals surface area contributed by atoms with Gasteiger partial charge in [-0.2, -0.15) is 0 Å². The minimum atomic E-state index is -0.737. The lowest BCUT2D eigenvalue weighted by Gasteiger charge is -2.19. The number of hydrogen-bond donors (Lipinski definition) is 1. The fraction of sp³-hybridized carbons (Fsp3) is 0.316. The van der Waals surface area contributed by atoms with Crippen LogP contribution in [0.2, 0.25) is 0 Å². The van der Waals surface area contributed by atoms with E-state index in [9.17, 15) is 14.9 Å². The number of non-ortho nitro benzene ring substituents is 1. The fourth-order valence-electron chi connectivity index (χ4n) is 2.40. The summed E-state index contributed by atoms with van der Waals surface area (Å²) >= 11 is 0. The third-order valence-electron chi connectivity index (χ3n) is 3.90. The molecular weight excluding hydrogens is 320 g/mol. The lowest BCUT2D eigenvalue weighted by Crippen LogP contribution is -2.30. The van der Waals surface area contributed by atoms with Crippen molar-refractivity contribution in [2.75, 3.05) is 5.32 Å². The molecule has 0 saturated carbocycles. The van der Waals surface area contributed by atoms with Crippen LogP contribution >= 0.6 is 0 Å². The summed E-state index contributed by atoms with van der Waals surface area (Å²) in [6, 6.07) is 11.9. The monoisotopic (exact) mass is 342 g/mol. The first-order valence-corrected chi connectivity index (χ1v) is 8.11. The van der Waals surface area contributed by atoms with Crippen molar-refractivity contribution in [1.29, 1.82) is 0 Å². The summed E-state index contributed by atoms with van der Waals surface area (Å²) in [6.07, 6.45) is -0.737. The lowest BCUT2D eigenvalue weighted by atomic mass is 10.0. The minimum absolute atomic E-state index is 0.0698. The van der Waals surface area contributed by atoms with Gasteiger partial charge < -0.3 is 10.1 Å². The highest BCUT2D eigenvalue weighted by molar-refractivity contribution is 5.95. The van der Waals surface area contributed by atoms with Crippen LogP contribution in [0.3, 0.4) is 0 Å². The van der Waals surface area contributed by atoms with E-state index in [4.69, 9.17) is 4.74 Å². The van der Waals surface area contributed by atoms with Crippen molar-refractivity contribution in [1.82, 2.24) is 0 Å². The van der Waals surface area contributed by atoms with Gasteiger partial charge in [0.25, 0.3) is 11.6 Å². The minimum Gasteiger partial charge on any atom is -0.481 e. The van der Waals surface area contributed by atoms with Gasteiger partial charge in [-0.15, -0.1) is 0 Å². The average Bonchev–Trinajstić information content (AvgIpc) is 2.56. The van der Waals surface area contributed by atoms with E-state index in [0.29, 0.717) is 11.4 Å². The Morgan fingerprint density at radius 1 is 1.16 bits per heavy atom. The molecule has 0 fully saturated rings. The van der Waals surface area contributed by atoms with Crippen molar-refractivity contribution in [3.63, 3.8) is 0 Å². The number of benzene rings is 2. The standard InChI is InChI=1S/C19H22N2O4/c1-12(2)16-7-5-6-8-18(16)25-14(4)19(22)20-17-11-15(21(23)24)10-9-13(17)3/h5-12,14H,1-4H3,(H,20,22). The zero-order valence-corrected chi connectivity index (χ0v) is 14.8. The average molecular weight is 342 g/mol. The Morgan fingerprint density at radius 3 is 2.48 bits per heavy atom. The number of hydrogen-bond acceptors (Lipinski definition) is 4. The molecular formula is C19H22N2O4. The van der Waals surface area contributed by atoms with E-state index in [1.165, 1.54) is 12.1 Å². The van der Waals surface area contributed by atoms with E-state index in [2.05, 4.69) is 19.2 Å². The van der Waals surface area contributed by atoms with Gasteiger partial charge in [-0.25, -0.2) is 0 Å². The van der Waals surface area contributed by atoms with Crippen LogP contribution in [-0.2, 0) is 4.79 Å². The van der Waals surface area contributed by atoms with Crippen LogP contribution in [0.25, 0.3) is 0 Å². The lowest BCUT2D eigenvalue weighted by molar-refractivity contribution is -0.384. The Labute approximate surface area is 147 Å². The smallest absolute Gasteiger partial charge is 0.271 e. The maximum atomic E-state index is 12.4. The molecule has 0 spiro atoms. The van der Waals surface area contributed by atoms with Crippen molar-refractivity contribution in [2.45, 2.75) is 39.7 Å². The summed E-state index contributed by atoms with van der Waals surface area (Å²) in [4.78, 5) is 22.8. The van der Waals surface area contributed by atoms with Crippen LogP contribution in [0.15, 0.2) is 42.5 Å². The van der Waals surface area contributed by atoms with Crippen LogP contribution in [0, 0.1) is 17.0 Å². The highest BCUT2D eigenvalue weighted by Gasteiger charge is 2.19. The van der Waals surface area contributed by atoms with Crippen molar-refractivity contribution < 1.29 is 14.5 Å². The number of para-hydroxylation sites is 1. The molecule has 1 unspecified atom stereocenters. The molecule has 0 aliphatic heterocycles. The predicted octanol–water partition coefficient (Wildman–Crippen LogP) is 4.43. The molecule has 6 heteroatoms. The third kappa shape index (κ3) is 4.56. The largest absolute Gasteiger partial charge is 0.481 e. The number of amides is 1. The number of nitro benzene ring substituents is 1. The number of anilines is 1. The molecule has 0 aliphatic rings. The Morgan fingerprint density at radius 2 is 1.84 bits per heavy atom. The number of aryl methyl sites for hydroxylation is 1. The zero-order valence-electron chi connectivity index (χ0n) is 14.8. The van der Waals surface area contributed by atoms with Gasteiger partial charge >= 0.3 is 0 Å². The quantitative estimate of drug-likeness (QED) is 0.622. The Hall–Kier alpha value is -2.89. The summed E-state index contributed by atoms with van der Waals surface area (Å²) in [5.41, 5.74) is 2.11. The predicted molar refractivity (Wildman–Crippen MR) is 97.1 cm³/mol. The van der Waals surface area contributed by atoms with Gasteiger partial charge in [-0.1, -0.05) is 38.1 Å². The molecule has 0 saturated heterocycles. The summed E-state index contributed by atoms with van der Waals surface area (Å²) in [5, 5.41) is 13.6. The maximum Gasteiger partial charge on any atom is 0.271 e. The highest BCUT2D eigenvalue weighted by Crippen LogP contribution is 2.27. The van der Waals surface area contributed by atoms with Crippen LogP contribution < -0.4 is 10.1 Å². The molecule has 1 amide bonds. The van der Waals surface area contributed by atoms with Gasteiger partial charge in [-0.05, 0) is 37.0 Å². The number of nitro groups is 1. The molecule has 2 rings (SSSR count). The number of rotatable bonds is 6. The Kier molecular flexibility index (Phi) is 5.75. The second kappa shape index (κ2) is 7.79. The molecule has 132 valence electrons. The molecule has 0 heterocycles. The van der Waals surface area contributed by atoms with Gasteiger partial charge in [0, 0.05) is 12.1 Å². The van der Waals surface area contributed by atoms with Gasteiger partial charge in [0.1, 0.15) is 5.75 Å². The molecule has 6 nitrogen and oxygen atoms in total. The third-order valence-corrected chi connectivity index (χ3v) is 3.90. The van der Waals surface area contributed by atoms with Crippen LogP contribution in [0.4, 0.5) is 11.4 Å². The van der Waals surface area contributed by atoms with Gasteiger partial charge in [0.2, 0.25) is 0 Å². The Bertz CT molecular complexity index is 787. The van der Waals surface area contributed by atoms with Gasteiger partial charge in [-0.3, -0.25) is 14.9 Å². The molecule has 25 heavy (non-hydrogen) atoms. The van der Waals surface area contributed by atoms with Crippen LogP contribution in [-0.4, -0.2) is 16.9 Å². The van der Waals surface area contributed by atoms with E-state index in [0.717, 1.165) is 11.1 Å². The molecule has 1 atom stereocenters. The number of ether oxygens (including phenoxy) is 1. The van der Waals surface area contributed by atoms with E-state index >= 15 is 0 Å². The van der Waals surface area contributed by atoms with Gasteiger partial charge in [0.15, 0.2) is 6.10 Å². The molecule has 0 aromatic heterocycles. The number of nitrogens with zero attached hydrogens (tertiary/aromatic N) is 1. The van der Waals surface area contributed by atoms with Crippen LogP contribution in [0.1, 0.15) is 37.8 Å². The molecule has 1 N–H and O–H groups in total. The normalized spacial score (nSPS) is 11.9. The molecule has 2 aromatic carbocycles. The van der Waals surface area contributed by atoms with E-state index in [1.807, 2.05) is 24.3 Å². The zero-order chi connectivity index (χ0) is 18.6. The van der Waals surface area contributed by atoms with E-state index in [1.54, 1.807) is 19.9 Å². The first-order chi connectivity index (χ1) is 11.8. The first-order valence-electron chi connectivity index (χ1n) is 8.11. The first kappa shape index (κ1) is 18.4. The summed E-state index contributed by atoms with van der Waals surface area (Å²) in [6.45, 7) is 7.54. The SMILES string of the molecule is Cc1ccc([N+](=O)[O-])cc1NC(=O)C(C)Oc1ccccc1C(C)C. The fourth-order valence-corrected chi connectivity index (χ4v) is 2.40. The summed E-state index contributed by atoms with van der Waals surface area (Å²) in [7, 11) is 0. The Balaban J connectivity index is 2.14. The second-order valence-corrected chi connectivity index (χ2v) is 6.20. The summed E-state index contributed by atoms with van der Waals surface area (Å²) < 4.78 is 5.81. The highest BCUT2D eigenvalue weighted by atomic mass is 16.6. The van der Waals surface area contributed by atoms with Crippen LogP contribution in [0.5, 0.6) is 5.75 Å².